The molecular weight excluding hydrogens is 723 g/mol. The molecule has 9 aromatic rings. The Balaban J connectivity index is 1.20. The zero-order chi connectivity index (χ0) is 40.3. The second-order valence-electron chi connectivity index (χ2n) is 16.3. The Kier molecular flexibility index (Phi) is 8.64. The highest BCUT2D eigenvalue weighted by Gasteiger charge is 2.43. The van der Waals surface area contributed by atoms with Crippen LogP contribution in [0.3, 0.4) is 0 Å². The van der Waals surface area contributed by atoms with E-state index >= 15 is 0 Å². The quantitative estimate of drug-likeness (QED) is 0.156. The standard InChI is InChI=1S/C57H43BN2/c1-38-33-39(2)56(40(3)34-38)47-36-54-57-55(37-47)60(49-30-25-45(26-31-49)42-17-9-5-10-18-42)53-32-27-46(43-19-11-6-12-20-43)35-51(53)58(57)50-21-13-14-22-52(50)59(54)48-28-23-44(24-29-48)41-15-7-4-8-16-41/h4-37H,1-3H3. The zero-order valence-corrected chi connectivity index (χ0v) is 34.1. The van der Waals surface area contributed by atoms with Crippen LogP contribution in [-0.2, 0) is 0 Å². The number of anilines is 6. The van der Waals surface area contributed by atoms with Crippen LogP contribution < -0.4 is 26.2 Å². The lowest BCUT2D eigenvalue weighted by Crippen LogP contribution is -2.61. The van der Waals surface area contributed by atoms with Gasteiger partial charge < -0.3 is 9.80 Å². The minimum absolute atomic E-state index is 0.0128. The summed E-state index contributed by atoms with van der Waals surface area (Å²) in [6.07, 6.45) is 0. The van der Waals surface area contributed by atoms with E-state index in [1.54, 1.807) is 0 Å². The Morgan fingerprint density at radius 3 is 1.25 bits per heavy atom. The second kappa shape index (κ2) is 14.5. The Hall–Kier alpha value is -7.36. The van der Waals surface area contributed by atoms with Gasteiger partial charge in [0.05, 0.1) is 0 Å². The topological polar surface area (TPSA) is 6.48 Å². The maximum atomic E-state index is 2.53. The van der Waals surface area contributed by atoms with Crippen molar-refractivity contribution in [3.8, 4) is 44.5 Å². The summed E-state index contributed by atoms with van der Waals surface area (Å²) < 4.78 is 0. The van der Waals surface area contributed by atoms with Crippen molar-refractivity contribution in [2.24, 2.45) is 0 Å². The Labute approximate surface area is 353 Å². The monoisotopic (exact) mass is 766 g/mol. The molecule has 0 aliphatic carbocycles. The van der Waals surface area contributed by atoms with Crippen LogP contribution in [0.2, 0.25) is 0 Å². The van der Waals surface area contributed by atoms with E-state index < -0.39 is 0 Å². The highest BCUT2D eigenvalue weighted by molar-refractivity contribution is 7.00. The molecule has 0 atom stereocenters. The molecule has 0 fully saturated rings. The molecule has 2 aliphatic rings. The molecule has 0 N–H and O–H groups in total. The molecule has 60 heavy (non-hydrogen) atoms. The average Bonchev–Trinajstić information content (AvgIpc) is 3.29. The van der Waals surface area contributed by atoms with E-state index in [9.17, 15) is 0 Å². The van der Waals surface area contributed by atoms with Crippen LogP contribution in [0.4, 0.5) is 34.1 Å². The van der Waals surface area contributed by atoms with Crippen molar-refractivity contribution in [3.05, 3.63) is 223 Å². The first-order chi connectivity index (χ1) is 29.5. The molecule has 2 heterocycles. The van der Waals surface area contributed by atoms with Gasteiger partial charge in [-0.2, -0.15) is 0 Å². The fourth-order valence-electron chi connectivity index (χ4n) is 9.96. The molecule has 3 heteroatoms. The molecular formula is C57H43BN2. The zero-order valence-electron chi connectivity index (χ0n) is 34.1. The van der Waals surface area contributed by atoms with Gasteiger partial charge in [-0.05, 0) is 141 Å². The van der Waals surface area contributed by atoms with Crippen LogP contribution in [0.5, 0.6) is 0 Å². The van der Waals surface area contributed by atoms with Gasteiger partial charge in [0.2, 0.25) is 0 Å². The van der Waals surface area contributed by atoms with Crippen molar-refractivity contribution < 1.29 is 0 Å². The van der Waals surface area contributed by atoms with E-state index in [1.165, 1.54) is 100 Å². The lowest BCUT2D eigenvalue weighted by Gasteiger charge is -2.44. The highest BCUT2D eigenvalue weighted by Crippen LogP contribution is 2.47. The Morgan fingerprint density at radius 1 is 0.317 bits per heavy atom. The SMILES string of the molecule is Cc1cc(C)c(-c2cc3c4c(c2)N(c2ccc(-c5ccccc5)cc2)c2ccc(-c5ccccc5)cc2B4c2ccccc2N3c2ccc(-c3ccccc3)cc2)c(C)c1. The first-order valence-corrected chi connectivity index (χ1v) is 21.0. The maximum Gasteiger partial charge on any atom is 0.252 e. The molecule has 9 aromatic carbocycles. The van der Waals surface area contributed by atoms with Crippen LogP contribution in [0.1, 0.15) is 16.7 Å². The highest BCUT2D eigenvalue weighted by atomic mass is 15.2. The van der Waals surface area contributed by atoms with Gasteiger partial charge in [0, 0.05) is 34.1 Å². The van der Waals surface area contributed by atoms with Gasteiger partial charge in [0.15, 0.2) is 0 Å². The Bertz CT molecular complexity index is 3010. The van der Waals surface area contributed by atoms with Gasteiger partial charge in [0.1, 0.15) is 0 Å². The van der Waals surface area contributed by atoms with Crippen LogP contribution >= 0.6 is 0 Å². The normalized spacial score (nSPS) is 12.5. The van der Waals surface area contributed by atoms with Crippen molar-refractivity contribution in [1.29, 1.82) is 0 Å². The van der Waals surface area contributed by atoms with E-state index in [4.69, 9.17) is 0 Å². The summed E-state index contributed by atoms with van der Waals surface area (Å²) in [5, 5.41) is 0. The van der Waals surface area contributed by atoms with Crippen LogP contribution in [0.25, 0.3) is 44.5 Å². The number of benzene rings is 9. The van der Waals surface area contributed by atoms with Crippen LogP contribution in [0, 0.1) is 20.8 Å². The summed E-state index contributed by atoms with van der Waals surface area (Å²) in [7, 11) is 0. The second-order valence-corrected chi connectivity index (χ2v) is 16.3. The molecule has 0 radical (unpaired) electrons. The molecule has 0 saturated heterocycles. The van der Waals surface area contributed by atoms with Crippen molar-refractivity contribution in [1.82, 2.24) is 0 Å². The summed E-state index contributed by atoms with van der Waals surface area (Å²) >= 11 is 0. The summed E-state index contributed by atoms with van der Waals surface area (Å²) in [5.74, 6) is 0. The lowest BCUT2D eigenvalue weighted by atomic mass is 9.33. The summed E-state index contributed by atoms with van der Waals surface area (Å²) in [6.45, 7) is 6.74. The predicted molar refractivity (Wildman–Crippen MR) is 256 cm³/mol. The largest absolute Gasteiger partial charge is 0.311 e. The summed E-state index contributed by atoms with van der Waals surface area (Å²) in [4.78, 5) is 5.05. The van der Waals surface area contributed by atoms with E-state index in [0.29, 0.717) is 0 Å². The van der Waals surface area contributed by atoms with E-state index in [-0.39, 0.29) is 6.71 Å². The average molecular weight is 767 g/mol. The first kappa shape index (κ1) is 35.8. The van der Waals surface area contributed by atoms with Gasteiger partial charge in [-0.15, -0.1) is 0 Å². The van der Waals surface area contributed by atoms with E-state index in [1.807, 2.05) is 0 Å². The third kappa shape index (κ3) is 5.97. The molecule has 0 unspecified atom stereocenters. The van der Waals surface area contributed by atoms with Gasteiger partial charge in [-0.3, -0.25) is 0 Å². The predicted octanol–water partition coefficient (Wildman–Crippen LogP) is 13.4. The van der Waals surface area contributed by atoms with Gasteiger partial charge >= 0.3 is 0 Å². The molecule has 0 saturated carbocycles. The molecule has 0 spiro atoms. The van der Waals surface area contributed by atoms with Crippen LogP contribution in [0.15, 0.2) is 206 Å². The smallest absolute Gasteiger partial charge is 0.252 e. The third-order valence-corrected chi connectivity index (χ3v) is 12.5. The maximum absolute atomic E-state index is 2.53. The molecule has 11 rings (SSSR count). The number of nitrogens with zero attached hydrogens (tertiary/aromatic N) is 2. The number of hydrogen-bond donors (Lipinski definition) is 0. The first-order valence-electron chi connectivity index (χ1n) is 21.0. The minimum Gasteiger partial charge on any atom is -0.311 e. The van der Waals surface area contributed by atoms with Gasteiger partial charge in [-0.25, -0.2) is 0 Å². The van der Waals surface area contributed by atoms with Gasteiger partial charge in [-0.1, -0.05) is 163 Å². The number of hydrogen-bond acceptors (Lipinski definition) is 2. The lowest BCUT2D eigenvalue weighted by molar-refractivity contribution is 1.25. The molecule has 0 amide bonds. The van der Waals surface area contributed by atoms with E-state index in [0.717, 1.165) is 11.4 Å². The van der Waals surface area contributed by atoms with Crippen molar-refractivity contribution in [2.75, 3.05) is 9.80 Å². The van der Waals surface area contributed by atoms with E-state index in [2.05, 4.69) is 237 Å². The summed E-state index contributed by atoms with van der Waals surface area (Å²) in [6, 6.07) is 76.2. The fourth-order valence-corrected chi connectivity index (χ4v) is 9.96. The summed E-state index contributed by atoms with van der Waals surface area (Å²) in [5.41, 5.74) is 24.7. The fraction of sp³-hybridized carbons (Fsp3) is 0.0526. The molecule has 0 bridgehead atoms. The third-order valence-electron chi connectivity index (χ3n) is 12.5. The number of rotatable bonds is 6. The molecule has 2 aliphatic heterocycles. The Morgan fingerprint density at radius 2 is 0.733 bits per heavy atom. The van der Waals surface area contributed by atoms with Crippen molar-refractivity contribution >= 4 is 57.2 Å². The molecule has 2 nitrogen and oxygen atoms in total. The number of aryl methyl sites for hydroxylation is 3. The van der Waals surface area contributed by atoms with Gasteiger partial charge in [0.25, 0.3) is 6.71 Å². The van der Waals surface area contributed by atoms with Crippen LogP contribution in [-0.4, -0.2) is 6.71 Å². The molecule has 0 aromatic heterocycles. The van der Waals surface area contributed by atoms with Crippen molar-refractivity contribution in [2.45, 2.75) is 20.8 Å². The molecule has 284 valence electrons. The minimum atomic E-state index is 0.0128. The number of fused-ring (bicyclic) bond motifs is 4. The number of para-hydroxylation sites is 1. The van der Waals surface area contributed by atoms with Crippen molar-refractivity contribution in [3.63, 3.8) is 0 Å².